The number of aromatic amines is 1. The van der Waals surface area contributed by atoms with Crippen LogP contribution in [0.4, 0.5) is 5.95 Å². The van der Waals surface area contributed by atoms with Gasteiger partial charge in [-0.05, 0) is 25.1 Å². The molecule has 0 saturated heterocycles. The summed E-state index contributed by atoms with van der Waals surface area (Å²) in [6, 6.07) is 5.91. The minimum atomic E-state index is -0.0677. The standard InChI is InChI=1S/C16H14BrN5O/c1-9-19-14-4-5-22(8-12(14)15(23)20-9)16-18-7-10-6-11(17)2-3-13(10)21-16/h2-3,6-7H,4-5,8H2,1H3,(H,19,20,23). The molecule has 1 aliphatic heterocycles. The highest BCUT2D eigenvalue weighted by Gasteiger charge is 2.22. The maximum Gasteiger partial charge on any atom is 0.256 e. The lowest BCUT2D eigenvalue weighted by Gasteiger charge is -2.27. The number of nitrogens with one attached hydrogen (secondary N) is 1. The van der Waals surface area contributed by atoms with Crippen LogP contribution in [0.25, 0.3) is 10.9 Å². The quantitative estimate of drug-likeness (QED) is 0.710. The van der Waals surface area contributed by atoms with E-state index in [9.17, 15) is 4.79 Å². The Bertz CT molecular complexity index is 968. The molecule has 0 aliphatic carbocycles. The Labute approximate surface area is 140 Å². The first-order valence-electron chi connectivity index (χ1n) is 7.36. The SMILES string of the molecule is Cc1nc2c(c(=O)[nH]1)CN(c1ncc3cc(Br)ccc3n1)CC2. The van der Waals surface area contributed by atoms with Crippen LogP contribution >= 0.6 is 15.9 Å². The average molecular weight is 372 g/mol. The number of halogens is 1. The summed E-state index contributed by atoms with van der Waals surface area (Å²) in [5, 5.41) is 0.982. The van der Waals surface area contributed by atoms with Crippen molar-refractivity contribution in [2.75, 3.05) is 11.4 Å². The summed E-state index contributed by atoms with van der Waals surface area (Å²) in [4.78, 5) is 30.4. The van der Waals surface area contributed by atoms with E-state index in [-0.39, 0.29) is 5.56 Å². The van der Waals surface area contributed by atoms with Gasteiger partial charge in [0.25, 0.3) is 5.56 Å². The largest absolute Gasteiger partial charge is 0.336 e. The fraction of sp³-hybridized carbons (Fsp3) is 0.250. The van der Waals surface area contributed by atoms with E-state index in [0.717, 1.165) is 34.0 Å². The lowest BCUT2D eigenvalue weighted by atomic mass is 10.1. The number of aromatic nitrogens is 4. The minimum Gasteiger partial charge on any atom is -0.336 e. The van der Waals surface area contributed by atoms with Gasteiger partial charge < -0.3 is 9.88 Å². The van der Waals surface area contributed by atoms with E-state index in [1.54, 1.807) is 6.92 Å². The van der Waals surface area contributed by atoms with E-state index < -0.39 is 0 Å². The highest BCUT2D eigenvalue weighted by atomic mass is 79.9. The molecule has 3 aromatic rings. The Hall–Kier alpha value is -2.28. The summed E-state index contributed by atoms with van der Waals surface area (Å²) >= 11 is 3.45. The molecule has 0 fully saturated rings. The van der Waals surface area contributed by atoms with Crippen molar-refractivity contribution in [1.82, 2.24) is 19.9 Å². The van der Waals surface area contributed by atoms with Gasteiger partial charge in [0.05, 0.1) is 23.3 Å². The topological polar surface area (TPSA) is 74.8 Å². The first-order valence-corrected chi connectivity index (χ1v) is 8.15. The van der Waals surface area contributed by atoms with Crippen molar-refractivity contribution < 1.29 is 0 Å². The third-order valence-corrected chi connectivity index (χ3v) is 4.49. The number of H-pyrrole nitrogens is 1. The number of anilines is 1. The van der Waals surface area contributed by atoms with E-state index in [0.29, 0.717) is 23.9 Å². The Balaban J connectivity index is 1.72. The van der Waals surface area contributed by atoms with Gasteiger partial charge in [0.15, 0.2) is 0 Å². The van der Waals surface area contributed by atoms with Gasteiger partial charge in [-0.3, -0.25) is 4.79 Å². The Morgan fingerprint density at radius 2 is 2.17 bits per heavy atom. The molecular formula is C16H14BrN5O. The van der Waals surface area contributed by atoms with E-state index in [4.69, 9.17) is 0 Å². The zero-order chi connectivity index (χ0) is 16.0. The van der Waals surface area contributed by atoms with Crippen molar-refractivity contribution >= 4 is 32.8 Å². The fourth-order valence-electron chi connectivity index (χ4n) is 2.87. The predicted molar refractivity (Wildman–Crippen MR) is 91.6 cm³/mol. The Morgan fingerprint density at radius 1 is 1.30 bits per heavy atom. The van der Waals surface area contributed by atoms with Gasteiger partial charge in [-0.25, -0.2) is 15.0 Å². The molecule has 0 atom stereocenters. The molecule has 0 spiro atoms. The summed E-state index contributed by atoms with van der Waals surface area (Å²) in [5.41, 5.74) is 2.41. The number of hydrogen-bond donors (Lipinski definition) is 1. The number of aryl methyl sites for hydroxylation is 1. The van der Waals surface area contributed by atoms with Gasteiger partial charge in [-0.15, -0.1) is 0 Å². The van der Waals surface area contributed by atoms with Crippen LogP contribution in [-0.2, 0) is 13.0 Å². The molecule has 0 saturated carbocycles. The third-order valence-electron chi connectivity index (χ3n) is 4.00. The second kappa shape index (κ2) is 5.42. The Kier molecular flexibility index (Phi) is 3.37. The molecule has 116 valence electrons. The van der Waals surface area contributed by atoms with Gasteiger partial charge in [-0.1, -0.05) is 15.9 Å². The van der Waals surface area contributed by atoms with Gasteiger partial charge in [0.2, 0.25) is 5.95 Å². The number of benzene rings is 1. The molecule has 1 aromatic carbocycles. The lowest BCUT2D eigenvalue weighted by Crippen LogP contribution is -2.36. The van der Waals surface area contributed by atoms with E-state index >= 15 is 0 Å². The average Bonchev–Trinajstić information content (AvgIpc) is 2.54. The molecule has 2 aromatic heterocycles. The molecule has 0 bridgehead atoms. The second-order valence-corrected chi connectivity index (χ2v) is 6.54. The van der Waals surface area contributed by atoms with Crippen molar-refractivity contribution in [3.8, 4) is 0 Å². The first-order chi connectivity index (χ1) is 11.1. The van der Waals surface area contributed by atoms with Crippen LogP contribution in [0.2, 0.25) is 0 Å². The molecule has 23 heavy (non-hydrogen) atoms. The van der Waals surface area contributed by atoms with Crippen molar-refractivity contribution in [1.29, 1.82) is 0 Å². The van der Waals surface area contributed by atoms with Crippen molar-refractivity contribution in [2.45, 2.75) is 19.9 Å². The van der Waals surface area contributed by atoms with Crippen LogP contribution in [-0.4, -0.2) is 26.5 Å². The zero-order valence-corrected chi connectivity index (χ0v) is 14.1. The molecule has 0 unspecified atom stereocenters. The van der Waals surface area contributed by atoms with Crippen molar-refractivity contribution in [3.63, 3.8) is 0 Å². The lowest BCUT2D eigenvalue weighted by molar-refractivity contribution is 0.675. The molecule has 6 nitrogen and oxygen atoms in total. The zero-order valence-electron chi connectivity index (χ0n) is 12.5. The molecule has 4 rings (SSSR count). The van der Waals surface area contributed by atoms with E-state index in [2.05, 4.69) is 35.9 Å². The normalized spacial score (nSPS) is 14.1. The van der Waals surface area contributed by atoms with E-state index in [1.807, 2.05) is 29.3 Å². The number of nitrogens with zero attached hydrogens (tertiary/aromatic N) is 4. The summed E-state index contributed by atoms with van der Waals surface area (Å²) in [6.45, 7) is 3.05. The number of hydrogen-bond acceptors (Lipinski definition) is 5. The number of rotatable bonds is 1. The molecule has 1 aliphatic rings. The first kappa shape index (κ1) is 14.3. The van der Waals surface area contributed by atoms with Gasteiger partial charge in [0.1, 0.15) is 5.82 Å². The summed E-state index contributed by atoms with van der Waals surface area (Å²) in [7, 11) is 0. The highest BCUT2D eigenvalue weighted by Crippen LogP contribution is 2.22. The van der Waals surface area contributed by atoms with Crippen LogP contribution in [0.15, 0.2) is 33.7 Å². The smallest absolute Gasteiger partial charge is 0.256 e. The van der Waals surface area contributed by atoms with Crippen molar-refractivity contribution in [2.24, 2.45) is 0 Å². The molecule has 7 heteroatoms. The van der Waals surface area contributed by atoms with Gasteiger partial charge in [-0.2, -0.15) is 0 Å². The number of fused-ring (bicyclic) bond motifs is 2. The van der Waals surface area contributed by atoms with Crippen LogP contribution in [0, 0.1) is 6.92 Å². The summed E-state index contributed by atoms with van der Waals surface area (Å²) in [5.74, 6) is 1.31. The predicted octanol–water partition coefficient (Wildman–Crippen LogP) is 2.35. The maximum absolute atomic E-state index is 12.1. The van der Waals surface area contributed by atoms with E-state index in [1.165, 1.54) is 0 Å². The molecule has 0 radical (unpaired) electrons. The van der Waals surface area contributed by atoms with Crippen LogP contribution in [0.1, 0.15) is 17.1 Å². The van der Waals surface area contributed by atoms with Gasteiger partial charge in [0, 0.05) is 29.0 Å². The minimum absolute atomic E-state index is 0.0677. The molecular weight excluding hydrogens is 358 g/mol. The van der Waals surface area contributed by atoms with Crippen LogP contribution in [0.5, 0.6) is 0 Å². The highest BCUT2D eigenvalue weighted by molar-refractivity contribution is 9.10. The van der Waals surface area contributed by atoms with Gasteiger partial charge >= 0.3 is 0 Å². The monoisotopic (exact) mass is 371 g/mol. The molecule has 3 heterocycles. The molecule has 1 N–H and O–H groups in total. The molecule has 0 amide bonds. The Morgan fingerprint density at radius 3 is 3.04 bits per heavy atom. The maximum atomic E-state index is 12.1. The second-order valence-electron chi connectivity index (χ2n) is 5.62. The van der Waals surface area contributed by atoms with Crippen molar-refractivity contribution in [3.05, 3.63) is 56.3 Å². The van der Waals surface area contributed by atoms with Crippen LogP contribution in [0.3, 0.4) is 0 Å². The third kappa shape index (κ3) is 2.61. The summed E-state index contributed by atoms with van der Waals surface area (Å²) in [6.07, 6.45) is 2.54. The fourth-order valence-corrected chi connectivity index (χ4v) is 3.25. The van der Waals surface area contributed by atoms with Crippen LogP contribution < -0.4 is 10.5 Å². The summed E-state index contributed by atoms with van der Waals surface area (Å²) < 4.78 is 1.00.